The van der Waals surface area contributed by atoms with Gasteiger partial charge in [0.15, 0.2) is 0 Å². The summed E-state index contributed by atoms with van der Waals surface area (Å²) in [6.07, 6.45) is 0. The van der Waals surface area contributed by atoms with Crippen LogP contribution < -0.4 is 5.32 Å². The average molecular weight is 285 g/mol. The molecular formula is C19H24FN. The Bertz CT molecular complexity index is 648. The Kier molecular flexibility index (Phi) is 4.48. The quantitative estimate of drug-likeness (QED) is 0.863. The van der Waals surface area contributed by atoms with Gasteiger partial charge in [0.1, 0.15) is 5.82 Å². The highest BCUT2D eigenvalue weighted by molar-refractivity contribution is 5.49. The smallest absolute Gasteiger partial charge is 0.126 e. The maximum atomic E-state index is 13.5. The van der Waals surface area contributed by atoms with Crippen LogP contribution in [0.1, 0.15) is 45.0 Å². The Morgan fingerprint density at radius 2 is 1.43 bits per heavy atom. The normalized spacial score (nSPS) is 12.5. The molecule has 1 unspecified atom stereocenters. The predicted molar refractivity (Wildman–Crippen MR) is 87.4 cm³/mol. The highest BCUT2D eigenvalue weighted by Gasteiger charge is 2.19. The Morgan fingerprint density at radius 3 is 1.90 bits per heavy atom. The lowest BCUT2D eigenvalue weighted by Gasteiger charge is -2.24. The summed E-state index contributed by atoms with van der Waals surface area (Å²) < 4.78 is 13.5. The van der Waals surface area contributed by atoms with E-state index in [-0.39, 0.29) is 11.9 Å². The van der Waals surface area contributed by atoms with Crippen molar-refractivity contribution in [3.63, 3.8) is 0 Å². The average Bonchev–Trinajstić information content (AvgIpc) is 2.44. The number of aryl methyl sites for hydroxylation is 3. The molecule has 1 nitrogen and oxygen atoms in total. The Labute approximate surface area is 127 Å². The van der Waals surface area contributed by atoms with Crippen molar-refractivity contribution < 1.29 is 4.39 Å². The molecule has 0 aliphatic heterocycles. The number of halogens is 1. The fourth-order valence-electron chi connectivity index (χ4n) is 3.01. The molecule has 1 atom stereocenters. The van der Waals surface area contributed by atoms with E-state index in [1.165, 1.54) is 27.8 Å². The monoisotopic (exact) mass is 285 g/mol. The van der Waals surface area contributed by atoms with Gasteiger partial charge in [-0.2, -0.15) is 0 Å². The largest absolute Gasteiger partial charge is 0.309 e. The molecule has 2 heteroatoms. The van der Waals surface area contributed by atoms with Gasteiger partial charge < -0.3 is 5.32 Å². The third kappa shape index (κ3) is 2.86. The number of nitrogens with one attached hydrogen (secondary N) is 1. The van der Waals surface area contributed by atoms with E-state index in [4.69, 9.17) is 0 Å². The molecule has 0 aliphatic carbocycles. The maximum absolute atomic E-state index is 13.5. The second kappa shape index (κ2) is 5.98. The molecule has 0 saturated carbocycles. The molecule has 2 aromatic rings. The van der Waals surface area contributed by atoms with E-state index in [9.17, 15) is 4.39 Å². The first-order valence-corrected chi connectivity index (χ1v) is 7.37. The van der Waals surface area contributed by atoms with Crippen molar-refractivity contribution in [1.29, 1.82) is 0 Å². The van der Waals surface area contributed by atoms with Gasteiger partial charge in [0, 0.05) is 0 Å². The van der Waals surface area contributed by atoms with Crippen LogP contribution in [0.5, 0.6) is 0 Å². The second-order valence-corrected chi connectivity index (χ2v) is 5.90. The van der Waals surface area contributed by atoms with E-state index in [1.807, 2.05) is 26.1 Å². The molecular weight excluding hydrogens is 261 g/mol. The van der Waals surface area contributed by atoms with Crippen molar-refractivity contribution in [2.24, 2.45) is 0 Å². The Balaban J connectivity index is 2.64. The first-order chi connectivity index (χ1) is 9.86. The van der Waals surface area contributed by atoms with Gasteiger partial charge in [-0.05, 0) is 86.7 Å². The molecule has 0 radical (unpaired) electrons. The molecule has 2 rings (SSSR count). The maximum Gasteiger partial charge on any atom is 0.126 e. The van der Waals surface area contributed by atoms with Gasteiger partial charge in [0.05, 0.1) is 6.04 Å². The van der Waals surface area contributed by atoms with Crippen LogP contribution in [0, 0.1) is 40.4 Å². The van der Waals surface area contributed by atoms with Crippen LogP contribution in [0.25, 0.3) is 0 Å². The summed E-state index contributed by atoms with van der Waals surface area (Å²) in [5, 5.41) is 3.39. The summed E-state index contributed by atoms with van der Waals surface area (Å²) in [5.74, 6) is -0.150. The zero-order chi connectivity index (χ0) is 15.7. The van der Waals surface area contributed by atoms with Crippen molar-refractivity contribution in [3.05, 3.63) is 69.0 Å². The highest BCUT2D eigenvalue weighted by Crippen LogP contribution is 2.32. The van der Waals surface area contributed by atoms with E-state index in [0.717, 1.165) is 5.56 Å². The van der Waals surface area contributed by atoms with Crippen molar-refractivity contribution >= 4 is 0 Å². The number of benzene rings is 2. The molecule has 0 aromatic heterocycles. The van der Waals surface area contributed by atoms with Crippen molar-refractivity contribution in [3.8, 4) is 0 Å². The van der Waals surface area contributed by atoms with Gasteiger partial charge >= 0.3 is 0 Å². The number of rotatable bonds is 3. The number of hydrogen-bond donors (Lipinski definition) is 1. The van der Waals surface area contributed by atoms with Crippen LogP contribution in [0.3, 0.4) is 0 Å². The van der Waals surface area contributed by atoms with Gasteiger partial charge in [-0.15, -0.1) is 0 Å². The highest BCUT2D eigenvalue weighted by atomic mass is 19.1. The summed E-state index contributed by atoms with van der Waals surface area (Å²) in [5.41, 5.74) is 8.30. The van der Waals surface area contributed by atoms with Crippen LogP contribution in [0.15, 0.2) is 24.3 Å². The van der Waals surface area contributed by atoms with Gasteiger partial charge in [-0.25, -0.2) is 4.39 Å². The van der Waals surface area contributed by atoms with Gasteiger partial charge in [-0.3, -0.25) is 0 Å². The van der Waals surface area contributed by atoms with Gasteiger partial charge in [-0.1, -0.05) is 18.2 Å². The zero-order valence-electron chi connectivity index (χ0n) is 13.8. The third-order valence-electron chi connectivity index (χ3n) is 4.52. The molecule has 0 aliphatic rings. The topological polar surface area (TPSA) is 12.0 Å². The predicted octanol–water partition coefficient (Wildman–Crippen LogP) is 4.68. The minimum atomic E-state index is -0.150. The SMILES string of the molecule is CNC(c1ccc(F)c(C)c1)c1c(C)c(C)cc(C)c1C. The summed E-state index contributed by atoms with van der Waals surface area (Å²) in [7, 11) is 1.96. The van der Waals surface area contributed by atoms with Crippen LogP contribution in [0.4, 0.5) is 4.39 Å². The van der Waals surface area contributed by atoms with Crippen molar-refractivity contribution in [1.82, 2.24) is 5.32 Å². The zero-order valence-corrected chi connectivity index (χ0v) is 13.8. The molecule has 0 amide bonds. The molecule has 2 aromatic carbocycles. The van der Waals surface area contributed by atoms with Gasteiger partial charge in [0.2, 0.25) is 0 Å². The summed E-state index contributed by atoms with van der Waals surface area (Å²) in [6.45, 7) is 10.4. The minimum Gasteiger partial charge on any atom is -0.309 e. The summed E-state index contributed by atoms with van der Waals surface area (Å²) >= 11 is 0. The van der Waals surface area contributed by atoms with Crippen LogP contribution in [-0.2, 0) is 0 Å². The van der Waals surface area contributed by atoms with E-state index < -0.39 is 0 Å². The second-order valence-electron chi connectivity index (χ2n) is 5.90. The van der Waals surface area contributed by atoms with E-state index >= 15 is 0 Å². The molecule has 0 fully saturated rings. The standard InChI is InChI=1S/C19H24FN/c1-11-9-12(2)15(5)18(14(11)4)19(21-6)16-7-8-17(20)13(3)10-16/h7-10,19,21H,1-6H3. The fourth-order valence-corrected chi connectivity index (χ4v) is 3.01. The summed E-state index contributed by atoms with van der Waals surface area (Å²) in [4.78, 5) is 0. The van der Waals surface area contributed by atoms with Gasteiger partial charge in [0.25, 0.3) is 0 Å². The lowest BCUT2D eigenvalue weighted by Crippen LogP contribution is -2.21. The Morgan fingerprint density at radius 1 is 0.857 bits per heavy atom. The fraction of sp³-hybridized carbons (Fsp3) is 0.368. The van der Waals surface area contributed by atoms with E-state index in [0.29, 0.717) is 5.56 Å². The molecule has 21 heavy (non-hydrogen) atoms. The molecule has 0 saturated heterocycles. The van der Waals surface area contributed by atoms with Crippen LogP contribution in [-0.4, -0.2) is 7.05 Å². The first-order valence-electron chi connectivity index (χ1n) is 7.37. The van der Waals surface area contributed by atoms with E-state index in [2.05, 4.69) is 39.1 Å². The first kappa shape index (κ1) is 15.7. The van der Waals surface area contributed by atoms with Crippen molar-refractivity contribution in [2.75, 3.05) is 7.05 Å². The van der Waals surface area contributed by atoms with Crippen LogP contribution >= 0.6 is 0 Å². The number of hydrogen-bond acceptors (Lipinski definition) is 1. The molecule has 1 N–H and O–H groups in total. The summed E-state index contributed by atoms with van der Waals surface area (Å²) in [6, 6.07) is 7.69. The van der Waals surface area contributed by atoms with E-state index in [1.54, 1.807) is 6.07 Å². The molecule has 112 valence electrons. The molecule has 0 bridgehead atoms. The van der Waals surface area contributed by atoms with Crippen LogP contribution in [0.2, 0.25) is 0 Å². The lowest BCUT2D eigenvalue weighted by atomic mass is 9.86. The molecule has 0 spiro atoms. The molecule has 0 heterocycles. The minimum absolute atomic E-state index is 0.0860. The third-order valence-corrected chi connectivity index (χ3v) is 4.52. The lowest BCUT2D eigenvalue weighted by molar-refractivity contribution is 0.613. The van der Waals surface area contributed by atoms with Crippen molar-refractivity contribution in [2.45, 2.75) is 40.7 Å². The Hall–Kier alpha value is -1.67.